The van der Waals surface area contributed by atoms with E-state index in [-0.39, 0.29) is 5.82 Å². The van der Waals surface area contributed by atoms with Crippen LogP contribution in [0.25, 0.3) is 12.2 Å². The van der Waals surface area contributed by atoms with Crippen LogP contribution >= 0.6 is 0 Å². The van der Waals surface area contributed by atoms with Gasteiger partial charge in [0, 0.05) is 36.5 Å². The van der Waals surface area contributed by atoms with Gasteiger partial charge in [0.1, 0.15) is 12.4 Å². The summed E-state index contributed by atoms with van der Waals surface area (Å²) in [6.45, 7) is 9.71. The molecular weight excluding hydrogens is 515 g/mol. The molecule has 42 heavy (non-hydrogen) atoms. The van der Waals surface area contributed by atoms with Crippen LogP contribution in [0.5, 0.6) is 0 Å². The number of halogens is 1. The van der Waals surface area contributed by atoms with Crippen LogP contribution in [0.2, 0.25) is 0 Å². The SMILES string of the molecule is CCCCCCCCCCCCN(CCCCCCCCCCCC)c1ccc(C=Cc2cc[n+](CC)cc2)c(F)c1. The van der Waals surface area contributed by atoms with Crippen molar-refractivity contribution in [3.63, 3.8) is 0 Å². The Kier molecular flexibility index (Phi) is 20.8. The van der Waals surface area contributed by atoms with Gasteiger partial charge in [0.15, 0.2) is 12.4 Å². The van der Waals surface area contributed by atoms with Crippen molar-refractivity contribution in [3.05, 3.63) is 59.7 Å². The zero-order valence-electron chi connectivity index (χ0n) is 27.7. The van der Waals surface area contributed by atoms with Crippen molar-refractivity contribution in [3.8, 4) is 0 Å². The highest BCUT2D eigenvalue weighted by Gasteiger charge is 2.10. The van der Waals surface area contributed by atoms with Crippen molar-refractivity contribution in [1.29, 1.82) is 0 Å². The number of pyridine rings is 1. The first kappa shape index (κ1) is 36.0. The predicted molar refractivity (Wildman–Crippen MR) is 184 cm³/mol. The van der Waals surface area contributed by atoms with Gasteiger partial charge in [-0.05, 0) is 43.5 Å². The molecule has 1 aromatic heterocycles. The van der Waals surface area contributed by atoms with Crippen molar-refractivity contribution >= 4 is 17.8 Å². The molecule has 0 atom stereocenters. The normalized spacial score (nSPS) is 11.5. The van der Waals surface area contributed by atoms with Gasteiger partial charge in [-0.3, -0.25) is 0 Å². The Hall–Kier alpha value is -2.16. The summed E-state index contributed by atoms with van der Waals surface area (Å²) in [5, 5.41) is 0. The van der Waals surface area contributed by atoms with E-state index in [9.17, 15) is 0 Å². The summed E-state index contributed by atoms with van der Waals surface area (Å²) in [5.41, 5.74) is 2.79. The maximum Gasteiger partial charge on any atom is 0.169 e. The average molecular weight is 580 g/mol. The first-order chi connectivity index (χ1) is 20.7. The van der Waals surface area contributed by atoms with Crippen LogP contribution in [0.4, 0.5) is 10.1 Å². The van der Waals surface area contributed by atoms with Gasteiger partial charge in [-0.1, -0.05) is 142 Å². The van der Waals surface area contributed by atoms with E-state index in [0.29, 0.717) is 5.56 Å². The highest BCUT2D eigenvalue weighted by atomic mass is 19.1. The Labute approximate surface area is 259 Å². The number of hydrogen-bond acceptors (Lipinski definition) is 1. The molecule has 0 N–H and O–H groups in total. The smallest absolute Gasteiger partial charge is 0.169 e. The molecule has 2 nitrogen and oxygen atoms in total. The maximum atomic E-state index is 15.2. The van der Waals surface area contributed by atoms with E-state index < -0.39 is 0 Å². The fourth-order valence-electron chi connectivity index (χ4n) is 5.77. The van der Waals surface area contributed by atoms with E-state index in [0.717, 1.165) is 30.9 Å². The van der Waals surface area contributed by atoms with Crippen LogP contribution in [-0.4, -0.2) is 13.1 Å². The van der Waals surface area contributed by atoms with Crippen molar-refractivity contribution in [2.75, 3.05) is 18.0 Å². The number of aromatic nitrogens is 1. The van der Waals surface area contributed by atoms with E-state index in [1.165, 1.54) is 128 Å². The van der Waals surface area contributed by atoms with Crippen LogP contribution in [0.3, 0.4) is 0 Å². The number of rotatable bonds is 26. The Morgan fingerprint density at radius 1 is 0.571 bits per heavy atom. The monoisotopic (exact) mass is 580 g/mol. The lowest BCUT2D eigenvalue weighted by Crippen LogP contribution is -2.30. The summed E-state index contributed by atoms with van der Waals surface area (Å²) in [6.07, 6.45) is 35.0. The third-order valence-electron chi connectivity index (χ3n) is 8.65. The van der Waals surface area contributed by atoms with E-state index >= 15 is 4.39 Å². The molecule has 1 aromatic carbocycles. The van der Waals surface area contributed by atoms with Gasteiger partial charge in [-0.2, -0.15) is 0 Å². The van der Waals surface area contributed by atoms with Gasteiger partial charge in [0.2, 0.25) is 0 Å². The first-order valence-corrected chi connectivity index (χ1v) is 17.9. The zero-order valence-corrected chi connectivity index (χ0v) is 27.7. The van der Waals surface area contributed by atoms with Crippen LogP contribution in [0.1, 0.15) is 160 Å². The second kappa shape index (κ2) is 24.3. The Balaban J connectivity index is 1.84. The number of nitrogens with zero attached hydrogens (tertiary/aromatic N) is 2. The Morgan fingerprint density at radius 3 is 1.45 bits per heavy atom. The van der Waals surface area contributed by atoms with Gasteiger partial charge in [0.25, 0.3) is 0 Å². The van der Waals surface area contributed by atoms with E-state index in [4.69, 9.17) is 0 Å². The third-order valence-corrected chi connectivity index (χ3v) is 8.65. The van der Waals surface area contributed by atoms with Crippen molar-refractivity contribution in [2.45, 2.75) is 156 Å². The van der Waals surface area contributed by atoms with Crippen molar-refractivity contribution < 1.29 is 8.96 Å². The molecule has 0 saturated heterocycles. The highest BCUT2D eigenvalue weighted by Crippen LogP contribution is 2.23. The predicted octanol–water partition coefficient (Wildman–Crippen LogP) is 12.0. The number of hydrogen-bond donors (Lipinski definition) is 0. The number of unbranched alkanes of at least 4 members (excludes halogenated alkanes) is 18. The molecule has 0 amide bonds. The molecule has 0 unspecified atom stereocenters. The summed E-state index contributed by atoms with van der Waals surface area (Å²) >= 11 is 0. The first-order valence-electron chi connectivity index (χ1n) is 17.9. The molecule has 2 aromatic rings. The molecule has 0 saturated carbocycles. The molecule has 0 aliphatic heterocycles. The fourth-order valence-corrected chi connectivity index (χ4v) is 5.77. The number of benzene rings is 1. The number of aryl methyl sites for hydroxylation is 1. The molecule has 3 heteroatoms. The average Bonchev–Trinajstić information content (AvgIpc) is 3.01. The summed E-state index contributed by atoms with van der Waals surface area (Å²) < 4.78 is 17.4. The molecule has 0 radical (unpaired) electrons. The van der Waals surface area contributed by atoms with E-state index in [2.05, 4.69) is 60.8 Å². The Morgan fingerprint density at radius 2 is 1.02 bits per heavy atom. The molecule has 236 valence electrons. The highest BCUT2D eigenvalue weighted by molar-refractivity contribution is 5.70. The van der Waals surface area contributed by atoms with Gasteiger partial charge >= 0.3 is 0 Å². The second-order valence-corrected chi connectivity index (χ2v) is 12.4. The quantitative estimate of drug-likeness (QED) is 0.0794. The zero-order chi connectivity index (χ0) is 30.1. The second-order valence-electron chi connectivity index (χ2n) is 12.4. The standard InChI is InChI=1S/C39H64FN2/c1-4-7-9-11-13-15-17-19-21-23-31-42(32-24-22-20-18-16-14-12-10-8-5-2)38-28-27-37(39(40)35-38)26-25-36-29-33-41(6-3)34-30-36/h25-30,33-35H,4-24,31-32H2,1-3H3/q+1. The molecule has 0 bridgehead atoms. The third kappa shape index (κ3) is 16.5. The minimum Gasteiger partial charge on any atom is -0.371 e. The summed E-state index contributed by atoms with van der Waals surface area (Å²) in [4.78, 5) is 2.45. The molecule has 0 fully saturated rings. The molecule has 2 rings (SSSR count). The molecule has 1 heterocycles. The maximum absolute atomic E-state index is 15.2. The molecule has 0 aliphatic rings. The molecular formula is C39H64FN2+. The van der Waals surface area contributed by atoms with Crippen LogP contribution < -0.4 is 9.47 Å². The topological polar surface area (TPSA) is 7.12 Å². The van der Waals surface area contributed by atoms with Gasteiger partial charge in [0.05, 0.1) is 0 Å². The van der Waals surface area contributed by atoms with Gasteiger partial charge < -0.3 is 4.90 Å². The minimum atomic E-state index is -0.126. The number of anilines is 1. The lowest BCUT2D eigenvalue weighted by atomic mass is 10.1. The summed E-state index contributed by atoms with van der Waals surface area (Å²) in [7, 11) is 0. The van der Waals surface area contributed by atoms with Crippen LogP contribution in [0.15, 0.2) is 42.7 Å². The van der Waals surface area contributed by atoms with Crippen molar-refractivity contribution in [2.24, 2.45) is 0 Å². The lowest BCUT2D eigenvalue weighted by Gasteiger charge is -2.25. The van der Waals surface area contributed by atoms with E-state index in [1.54, 1.807) is 6.07 Å². The van der Waals surface area contributed by atoms with Crippen molar-refractivity contribution in [1.82, 2.24) is 0 Å². The summed E-state index contributed by atoms with van der Waals surface area (Å²) in [5.74, 6) is -0.126. The molecule has 0 spiro atoms. The largest absolute Gasteiger partial charge is 0.371 e. The fraction of sp³-hybridized carbons (Fsp3) is 0.667. The van der Waals surface area contributed by atoms with Crippen LogP contribution in [0, 0.1) is 5.82 Å². The Bertz CT molecular complexity index is 912. The van der Waals surface area contributed by atoms with Gasteiger partial charge in [-0.15, -0.1) is 0 Å². The summed E-state index contributed by atoms with van der Waals surface area (Å²) in [6, 6.07) is 10.0. The minimum absolute atomic E-state index is 0.126. The molecule has 0 aliphatic carbocycles. The van der Waals surface area contributed by atoms with Crippen LogP contribution in [-0.2, 0) is 6.54 Å². The van der Waals surface area contributed by atoms with Gasteiger partial charge in [-0.25, -0.2) is 8.96 Å². The van der Waals surface area contributed by atoms with E-state index in [1.807, 2.05) is 18.2 Å². The lowest BCUT2D eigenvalue weighted by molar-refractivity contribution is -0.693.